The third-order valence-corrected chi connectivity index (χ3v) is 3.50. The first-order chi connectivity index (χ1) is 9.45. The number of aliphatic carboxylic acids is 1. The van der Waals surface area contributed by atoms with Crippen LogP contribution in [0.5, 0.6) is 0 Å². The van der Waals surface area contributed by atoms with Crippen LogP contribution in [-0.4, -0.2) is 41.0 Å². The van der Waals surface area contributed by atoms with E-state index in [0.717, 1.165) is 23.2 Å². The van der Waals surface area contributed by atoms with Crippen LogP contribution in [0.4, 0.5) is 5.69 Å². The van der Waals surface area contributed by atoms with Crippen molar-refractivity contribution in [3.63, 3.8) is 0 Å². The fourth-order valence-electron chi connectivity index (χ4n) is 2.73. The molecule has 0 spiro atoms. The van der Waals surface area contributed by atoms with Crippen LogP contribution < -0.4 is 5.32 Å². The van der Waals surface area contributed by atoms with Crippen LogP contribution in [0, 0.1) is 13.8 Å². The lowest BCUT2D eigenvalue weighted by molar-refractivity contribution is -0.142. The molecule has 1 aliphatic rings. The lowest BCUT2D eigenvalue weighted by Crippen LogP contribution is -2.40. The van der Waals surface area contributed by atoms with E-state index in [1.165, 1.54) is 0 Å². The normalized spacial score (nSPS) is 19.0. The maximum atomic E-state index is 12.0. The Kier molecular flexibility index (Phi) is 4.39. The Morgan fingerprint density at radius 3 is 2.55 bits per heavy atom. The van der Waals surface area contributed by atoms with E-state index in [2.05, 4.69) is 5.32 Å². The molecule has 2 rings (SSSR count). The van der Waals surface area contributed by atoms with Gasteiger partial charge in [0.2, 0.25) is 5.91 Å². The highest BCUT2D eigenvalue weighted by Gasteiger charge is 2.31. The molecule has 2 N–H and O–H groups in total. The summed E-state index contributed by atoms with van der Waals surface area (Å²) in [6, 6.07) is 5.32. The number of carboxylic acids is 1. The second-order valence-electron chi connectivity index (χ2n) is 5.39. The van der Waals surface area contributed by atoms with Crippen molar-refractivity contribution in [1.29, 1.82) is 0 Å². The van der Waals surface area contributed by atoms with Crippen LogP contribution >= 0.6 is 0 Å². The van der Waals surface area contributed by atoms with Crippen LogP contribution in [0.25, 0.3) is 0 Å². The van der Waals surface area contributed by atoms with Gasteiger partial charge in [-0.2, -0.15) is 0 Å². The molecule has 5 heteroatoms. The van der Waals surface area contributed by atoms with Crippen molar-refractivity contribution >= 4 is 17.6 Å². The number of likely N-dealkylation sites (tertiary alicyclic amines) is 1. The Labute approximate surface area is 118 Å². The summed E-state index contributed by atoms with van der Waals surface area (Å²) in [5.41, 5.74) is 2.94. The van der Waals surface area contributed by atoms with E-state index in [4.69, 9.17) is 5.11 Å². The molecule has 1 aromatic carbocycles. The fourth-order valence-corrected chi connectivity index (χ4v) is 2.73. The van der Waals surface area contributed by atoms with E-state index in [0.29, 0.717) is 13.0 Å². The molecule has 1 saturated heterocycles. The van der Waals surface area contributed by atoms with Crippen molar-refractivity contribution in [1.82, 2.24) is 4.90 Å². The molecule has 0 radical (unpaired) electrons. The molecule has 0 unspecified atom stereocenters. The van der Waals surface area contributed by atoms with Gasteiger partial charge in [-0.3, -0.25) is 14.5 Å². The summed E-state index contributed by atoms with van der Waals surface area (Å²) in [4.78, 5) is 24.8. The van der Waals surface area contributed by atoms with Gasteiger partial charge in [0.15, 0.2) is 0 Å². The van der Waals surface area contributed by atoms with Crippen LogP contribution in [-0.2, 0) is 9.59 Å². The van der Waals surface area contributed by atoms with Gasteiger partial charge < -0.3 is 10.4 Å². The number of carbonyl (C=O) groups excluding carboxylic acids is 1. The molecule has 0 saturated carbocycles. The second-order valence-corrected chi connectivity index (χ2v) is 5.39. The summed E-state index contributed by atoms with van der Waals surface area (Å²) < 4.78 is 0. The zero-order chi connectivity index (χ0) is 14.7. The Hall–Kier alpha value is -1.88. The molecule has 1 aromatic rings. The van der Waals surface area contributed by atoms with Crippen molar-refractivity contribution in [3.8, 4) is 0 Å². The van der Waals surface area contributed by atoms with Gasteiger partial charge >= 0.3 is 5.97 Å². The standard InChI is InChI=1S/C15H20N2O3/c1-10-6-11(2)8-12(7-10)16-14(18)9-17-5-3-4-13(17)15(19)20/h6-8,13H,3-5,9H2,1-2H3,(H,16,18)(H,19,20)/t13-/m0/s1. The largest absolute Gasteiger partial charge is 0.480 e. The zero-order valence-corrected chi connectivity index (χ0v) is 11.8. The number of nitrogens with zero attached hydrogens (tertiary/aromatic N) is 1. The monoisotopic (exact) mass is 276 g/mol. The molecule has 1 fully saturated rings. The third kappa shape index (κ3) is 3.57. The SMILES string of the molecule is Cc1cc(C)cc(NC(=O)CN2CCC[C@H]2C(=O)O)c1. The third-order valence-electron chi connectivity index (χ3n) is 3.50. The van der Waals surface area contributed by atoms with E-state index in [9.17, 15) is 9.59 Å². The minimum absolute atomic E-state index is 0.129. The van der Waals surface area contributed by atoms with Gasteiger partial charge in [0.1, 0.15) is 6.04 Å². The van der Waals surface area contributed by atoms with E-state index in [1.807, 2.05) is 32.0 Å². The predicted octanol–water partition coefficient (Wildman–Crippen LogP) is 1.79. The summed E-state index contributed by atoms with van der Waals surface area (Å²) in [7, 11) is 0. The number of hydrogen-bond donors (Lipinski definition) is 2. The average molecular weight is 276 g/mol. The number of carboxylic acid groups (broad SMARTS) is 1. The van der Waals surface area contributed by atoms with Gasteiger partial charge in [0.05, 0.1) is 6.54 Å². The lowest BCUT2D eigenvalue weighted by atomic mass is 10.1. The number of amides is 1. The van der Waals surface area contributed by atoms with E-state index in [-0.39, 0.29) is 12.5 Å². The Morgan fingerprint density at radius 2 is 1.95 bits per heavy atom. The van der Waals surface area contributed by atoms with Crippen molar-refractivity contribution in [2.45, 2.75) is 32.7 Å². The van der Waals surface area contributed by atoms with Crippen LogP contribution in [0.15, 0.2) is 18.2 Å². The number of nitrogens with one attached hydrogen (secondary N) is 1. The first-order valence-electron chi connectivity index (χ1n) is 6.81. The average Bonchev–Trinajstić information content (AvgIpc) is 2.75. The lowest BCUT2D eigenvalue weighted by Gasteiger charge is -2.20. The molecule has 5 nitrogen and oxygen atoms in total. The summed E-state index contributed by atoms with van der Waals surface area (Å²) in [5.74, 6) is -1.01. The number of aryl methyl sites for hydroxylation is 2. The van der Waals surface area contributed by atoms with E-state index in [1.54, 1.807) is 4.90 Å². The second kappa shape index (κ2) is 6.05. The fraction of sp³-hybridized carbons (Fsp3) is 0.467. The minimum atomic E-state index is -0.846. The topological polar surface area (TPSA) is 69.6 Å². The zero-order valence-electron chi connectivity index (χ0n) is 11.8. The maximum absolute atomic E-state index is 12.0. The Morgan fingerprint density at radius 1 is 1.30 bits per heavy atom. The number of rotatable bonds is 4. The first-order valence-corrected chi connectivity index (χ1v) is 6.81. The number of benzene rings is 1. The molecule has 1 aliphatic heterocycles. The minimum Gasteiger partial charge on any atom is -0.480 e. The molecule has 1 amide bonds. The first kappa shape index (κ1) is 14.5. The molecule has 0 aliphatic carbocycles. The number of hydrogen-bond acceptors (Lipinski definition) is 3. The molecule has 108 valence electrons. The summed E-state index contributed by atoms with van der Waals surface area (Å²) in [6.07, 6.45) is 1.44. The molecule has 0 bridgehead atoms. The molecule has 20 heavy (non-hydrogen) atoms. The Balaban J connectivity index is 1.97. The quantitative estimate of drug-likeness (QED) is 0.879. The van der Waals surface area contributed by atoms with E-state index < -0.39 is 12.0 Å². The van der Waals surface area contributed by atoms with Crippen LogP contribution in [0.3, 0.4) is 0 Å². The van der Waals surface area contributed by atoms with Gasteiger partial charge in [-0.05, 0) is 56.5 Å². The number of carbonyl (C=O) groups is 2. The summed E-state index contributed by atoms with van der Waals surface area (Å²) in [6.45, 7) is 4.74. The van der Waals surface area contributed by atoms with Crippen molar-refractivity contribution in [2.75, 3.05) is 18.4 Å². The Bertz CT molecular complexity index is 508. The maximum Gasteiger partial charge on any atom is 0.320 e. The van der Waals surface area contributed by atoms with Gasteiger partial charge in [-0.25, -0.2) is 0 Å². The molecular weight excluding hydrogens is 256 g/mol. The molecule has 1 heterocycles. The summed E-state index contributed by atoms with van der Waals surface area (Å²) in [5, 5.41) is 11.9. The van der Waals surface area contributed by atoms with Gasteiger partial charge in [-0.15, -0.1) is 0 Å². The van der Waals surface area contributed by atoms with E-state index >= 15 is 0 Å². The molecule has 1 atom stereocenters. The summed E-state index contributed by atoms with van der Waals surface area (Å²) >= 11 is 0. The van der Waals surface area contributed by atoms with Crippen LogP contribution in [0.1, 0.15) is 24.0 Å². The van der Waals surface area contributed by atoms with Gasteiger partial charge in [-0.1, -0.05) is 6.07 Å². The molecule has 0 aromatic heterocycles. The predicted molar refractivity (Wildman–Crippen MR) is 76.8 cm³/mol. The van der Waals surface area contributed by atoms with Crippen molar-refractivity contribution < 1.29 is 14.7 Å². The van der Waals surface area contributed by atoms with Crippen LogP contribution in [0.2, 0.25) is 0 Å². The smallest absolute Gasteiger partial charge is 0.320 e. The van der Waals surface area contributed by atoms with Gasteiger partial charge in [0, 0.05) is 5.69 Å². The highest BCUT2D eigenvalue weighted by atomic mass is 16.4. The highest BCUT2D eigenvalue weighted by Crippen LogP contribution is 2.18. The van der Waals surface area contributed by atoms with Crippen molar-refractivity contribution in [2.24, 2.45) is 0 Å². The highest BCUT2D eigenvalue weighted by molar-refractivity contribution is 5.92. The molecular formula is C15H20N2O3. The van der Waals surface area contributed by atoms with Crippen molar-refractivity contribution in [3.05, 3.63) is 29.3 Å². The van der Waals surface area contributed by atoms with Gasteiger partial charge in [0.25, 0.3) is 0 Å². The number of anilines is 1.